The highest BCUT2D eigenvalue weighted by atomic mass is 35.5. The van der Waals surface area contributed by atoms with Crippen molar-refractivity contribution in [3.8, 4) is 5.75 Å². The van der Waals surface area contributed by atoms with E-state index >= 15 is 0 Å². The van der Waals surface area contributed by atoms with Gasteiger partial charge in [-0.05, 0) is 54.9 Å². The van der Waals surface area contributed by atoms with Crippen LogP contribution in [0.3, 0.4) is 0 Å². The zero-order valence-corrected chi connectivity index (χ0v) is 18.2. The quantitative estimate of drug-likeness (QED) is 0.580. The molecule has 0 aliphatic carbocycles. The molecule has 0 radical (unpaired) electrons. The Balaban J connectivity index is 1.42. The number of hydrogen-bond donors (Lipinski definition) is 1. The van der Waals surface area contributed by atoms with Crippen LogP contribution in [0.15, 0.2) is 48.5 Å². The maximum absolute atomic E-state index is 13.2. The average molecular weight is 443 g/mol. The molecular weight excluding hydrogens is 420 g/mol. The fourth-order valence-corrected chi connectivity index (χ4v) is 4.01. The van der Waals surface area contributed by atoms with Gasteiger partial charge in [0.1, 0.15) is 18.2 Å². The lowest BCUT2D eigenvalue weighted by Gasteiger charge is -2.31. The van der Waals surface area contributed by atoms with Gasteiger partial charge >= 0.3 is 0 Å². The Hall–Kier alpha value is -2.64. The number of rotatable bonds is 5. The van der Waals surface area contributed by atoms with Crippen molar-refractivity contribution >= 4 is 29.7 Å². The number of carbonyl (C=O) groups is 1. The van der Waals surface area contributed by atoms with E-state index < -0.39 is 0 Å². The summed E-state index contributed by atoms with van der Waals surface area (Å²) in [6.07, 6.45) is 1.71. The van der Waals surface area contributed by atoms with Gasteiger partial charge in [0.05, 0.1) is 5.56 Å². The van der Waals surface area contributed by atoms with E-state index in [2.05, 4.69) is 10.2 Å². The normalized spacial score (nSPS) is 14.7. The minimum atomic E-state index is -0.00415. The summed E-state index contributed by atoms with van der Waals surface area (Å²) in [5.41, 5.74) is 1.58. The zero-order valence-electron chi connectivity index (χ0n) is 16.7. The minimum absolute atomic E-state index is 0.00415. The molecule has 1 aromatic heterocycles. The van der Waals surface area contributed by atoms with E-state index in [4.69, 9.17) is 28.6 Å². The predicted octanol–water partition coefficient (Wildman–Crippen LogP) is 4.73. The van der Waals surface area contributed by atoms with E-state index in [1.165, 1.54) is 0 Å². The highest BCUT2D eigenvalue weighted by Crippen LogP contribution is 2.29. The first kappa shape index (κ1) is 20.6. The number of nitrogens with zero attached hydrogens (tertiary/aromatic N) is 3. The van der Waals surface area contributed by atoms with Gasteiger partial charge in [0.15, 0.2) is 4.77 Å². The molecule has 2 aromatic carbocycles. The summed E-state index contributed by atoms with van der Waals surface area (Å²) in [5.74, 6) is 1.84. The third-order valence-electron chi connectivity index (χ3n) is 5.49. The Morgan fingerprint density at radius 3 is 2.57 bits per heavy atom. The summed E-state index contributed by atoms with van der Waals surface area (Å²) in [6.45, 7) is 1.73. The van der Waals surface area contributed by atoms with E-state index in [0.717, 1.165) is 24.2 Å². The molecule has 0 spiro atoms. The van der Waals surface area contributed by atoms with Crippen LogP contribution in [0.4, 0.5) is 0 Å². The largest absolute Gasteiger partial charge is 0.488 e. The van der Waals surface area contributed by atoms with Crippen LogP contribution >= 0.6 is 23.8 Å². The van der Waals surface area contributed by atoms with E-state index in [9.17, 15) is 4.79 Å². The SMILES string of the molecule is Cn1c(C2CCN(C(=O)c3ccccc3OCc3ccc(Cl)cc3)CC2)n[nH]c1=S. The number of para-hydroxylation sites is 1. The Morgan fingerprint density at radius 2 is 1.90 bits per heavy atom. The molecule has 1 N–H and O–H groups in total. The highest BCUT2D eigenvalue weighted by Gasteiger charge is 2.28. The van der Waals surface area contributed by atoms with Gasteiger partial charge in [0.25, 0.3) is 5.91 Å². The van der Waals surface area contributed by atoms with Crippen molar-refractivity contribution < 1.29 is 9.53 Å². The van der Waals surface area contributed by atoms with Gasteiger partial charge in [0, 0.05) is 31.1 Å². The fraction of sp³-hybridized carbons (Fsp3) is 0.318. The van der Waals surface area contributed by atoms with Gasteiger partial charge < -0.3 is 14.2 Å². The monoisotopic (exact) mass is 442 g/mol. The molecule has 1 amide bonds. The van der Waals surface area contributed by atoms with Gasteiger partial charge in [-0.3, -0.25) is 9.89 Å². The Morgan fingerprint density at radius 1 is 1.20 bits per heavy atom. The molecule has 8 heteroatoms. The van der Waals surface area contributed by atoms with Crippen molar-refractivity contribution in [1.29, 1.82) is 0 Å². The van der Waals surface area contributed by atoms with E-state index in [1.54, 1.807) is 0 Å². The summed E-state index contributed by atoms with van der Waals surface area (Å²) < 4.78 is 8.50. The van der Waals surface area contributed by atoms with Crippen molar-refractivity contribution in [2.45, 2.75) is 25.4 Å². The molecule has 1 aliphatic heterocycles. The molecule has 1 aliphatic rings. The number of aromatic nitrogens is 3. The van der Waals surface area contributed by atoms with Crippen LogP contribution in [-0.4, -0.2) is 38.7 Å². The second-order valence-electron chi connectivity index (χ2n) is 7.42. The molecule has 0 bridgehead atoms. The van der Waals surface area contributed by atoms with Crippen LogP contribution in [0.5, 0.6) is 5.75 Å². The zero-order chi connectivity index (χ0) is 21.1. The molecule has 2 heterocycles. The maximum Gasteiger partial charge on any atom is 0.257 e. The van der Waals surface area contributed by atoms with Crippen molar-refractivity contribution in [3.05, 3.63) is 75.3 Å². The Kier molecular flexibility index (Phi) is 6.20. The first-order valence-corrected chi connectivity index (χ1v) is 10.7. The highest BCUT2D eigenvalue weighted by molar-refractivity contribution is 7.71. The third kappa shape index (κ3) is 4.42. The molecule has 30 heavy (non-hydrogen) atoms. The molecular formula is C22H23ClN4O2S. The van der Waals surface area contributed by atoms with Crippen molar-refractivity contribution in [2.24, 2.45) is 7.05 Å². The van der Waals surface area contributed by atoms with Crippen LogP contribution in [0, 0.1) is 4.77 Å². The smallest absolute Gasteiger partial charge is 0.257 e. The lowest BCUT2D eigenvalue weighted by molar-refractivity contribution is 0.0705. The summed E-state index contributed by atoms with van der Waals surface area (Å²) in [5, 5.41) is 7.88. The van der Waals surface area contributed by atoms with E-state index in [-0.39, 0.29) is 5.91 Å². The lowest BCUT2D eigenvalue weighted by atomic mass is 9.95. The standard InChI is InChI=1S/C22H23ClN4O2S/c1-26-20(24-25-22(26)30)16-10-12-27(13-11-16)21(28)18-4-2-3-5-19(18)29-14-15-6-8-17(23)9-7-15/h2-9,16H,10-14H2,1H3,(H,25,30). The van der Waals surface area contributed by atoms with Crippen molar-refractivity contribution in [1.82, 2.24) is 19.7 Å². The van der Waals surface area contributed by atoms with Gasteiger partial charge in [-0.25, -0.2) is 0 Å². The number of ether oxygens (including phenoxy) is 1. The maximum atomic E-state index is 13.2. The Labute approximate surface area is 185 Å². The van der Waals surface area contributed by atoms with Gasteiger partial charge in [0.2, 0.25) is 0 Å². The fourth-order valence-electron chi connectivity index (χ4n) is 3.75. The molecule has 1 saturated heterocycles. The van der Waals surface area contributed by atoms with Crippen molar-refractivity contribution in [2.75, 3.05) is 13.1 Å². The van der Waals surface area contributed by atoms with Crippen LogP contribution in [0.1, 0.15) is 40.5 Å². The first-order valence-electron chi connectivity index (χ1n) is 9.90. The van der Waals surface area contributed by atoms with Crippen LogP contribution in [-0.2, 0) is 13.7 Å². The second kappa shape index (κ2) is 9.02. The van der Waals surface area contributed by atoms with Crippen LogP contribution in [0.25, 0.3) is 0 Å². The van der Waals surface area contributed by atoms with Gasteiger partial charge in [-0.2, -0.15) is 5.10 Å². The number of carbonyl (C=O) groups excluding carboxylic acids is 1. The molecule has 0 saturated carbocycles. The third-order valence-corrected chi connectivity index (χ3v) is 6.10. The molecule has 0 atom stereocenters. The van der Waals surface area contributed by atoms with E-state index in [1.807, 2.05) is 65.0 Å². The molecule has 156 valence electrons. The van der Waals surface area contributed by atoms with Crippen LogP contribution in [0.2, 0.25) is 5.02 Å². The number of likely N-dealkylation sites (tertiary alicyclic amines) is 1. The number of H-pyrrole nitrogens is 1. The topological polar surface area (TPSA) is 63.1 Å². The summed E-state index contributed by atoms with van der Waals surface area (Å²) in [7, 11) is 1.92. The number of aromatic amines is 1. The molecule has 1 fully saturated rings. The number of benzene rings is 2. The number of amides is 1. The summed E-state index contributed by atoms with van der Waals surface area (Å²) >= 11 is 11.2. The summed E-state index contributed by atoms with van der Waals surface area (Å²) in [4.78, 5) is 15.1. The molecule has 4 rings (SSSR count). The van der Waals surface area contributed by atoms with Crippen LogP contribution < -0.4 is 4.74 Å². The van der Waals surface area contributed by atoms with Crippen molar-refractivity contribution in [3.63, 3.8) is 0 Å². The van der Waals surface area contributed by atoms with Gasteiger partial charge in [-0.15, -0.1) is 0 Å². The molecule has 0 unspecified atom stereocenters. The predicted molar refractivity (Wildman–Crippen MR) is 118 cm³/mol. The number of hydrogen-bond acceptors (Lipinski definition) is 4. The van der Waals surface area contributed by atoms with Gasteiger partial charge in [-0.1, -0.05) is 35.9 Å². The average Bonchev–Trinajstić information content (AvgIpc) is 3.11. The molecule has 6 nitrogen and oxygen atoms in total. The Bertz CT molecular complexity index is 1090. The minimum Gasteiger partial charge on any atom is -0.488 e. The van der Waals surface area contributed by atoms with E-state index in [0.29, 0.717) is 46.7 Å². The lowest BCUT2D eigenvalue weighted by Crippen LogP contribution is -2.38. The number of piperidine rings is 1. The number of nitrogens with one attached hydrogen (secondary N) is 1. The first-order chi connectivity index (χ1) is 14.5. The summed E-state index contributed by atoms with van der Waals surface area (Å²) in [6, 6.07) is 14.9. The number of halogens is 1. The second-order valence-corrected chi connectivity index (χ2v) is 8.25. The molecule has 3 aromatic rings.